The Morgan fingerprint density at radius 2 is 1.80 bits per heavy atom. The van der Waals surface area contributed by atoms with Crippen molar-refractivity contribution >= 4 is 14.7 Å². The second kappa shape index (κ2) is 2.58. The van der Waals surface area contributed by atoms with Crippen LogP contribution in [-0.4, -0.2) is 9.52 Å². The molecular weight excluding hydrogens is 136 g/mol. The van der Waals surface area contributed by atoms with E-state index in [1.807, 2.05) is 0 Å². The standard InChI is InChI=1S/C9H11Si/c1-2-4-8(5-3-1)10-9-6-7-9/h1-5,9-10H,6-7H2. The van der Waals surface area contributed by atoms with E-state index in [1.54, 1.807) is 5.19 Å². The molecule has 0 amide bonds. The van der Waals surface area contributed by atoms with Crippen LogP contribution in [0.4, 0.5) is 0 Å². The van der Waals surface area contributed by atoms with Gasteiger partial charge < -0.3 is 0 Å². The van der Waals surface area contributed by atoms with E-state index in [2.05, 4.69) is 30.3 Å². The Hall–Kier alpha value is -0.563. The average molecular weight is 147 g/mol. The smallest absolute Gasteiger partial charge is 0.0654 e. The summed E-state index contributed by atoms with van der Waals surface area (Å²) in [7, 11) is 0.603. The summed E-state index contributed by atoms with van der Waals surface area (Å²) in [5, 5.41) is 1.59. The zero-order valence-electron chi connectivity index (χ0n) is 5.96. The highest BCUT2D eigenvalue weighted by Gasteiger charge is 2.21. The van der Waals surface area contributed by atoms with Crippen LogP contribution in [0.3, 0.4) is 0 Å². The quantitative estimate of drug-likeness (QED) is 0.554. The summed E-state index contributed by atoms with van der Waals surface area (Å²) in [4.78, 5) is 0. The fraction of sp³-hybridized carbons (Fsp3) is 0.333. The molecular formula is C9H11Si. The monoisotopic (exact) mass is 147 g/mol. The third kappa shape index (κ3) is 1.48. The Labute approximate surface area is 64.1 Å². The van der Waals surface area contributed by atoms with Gasteiger partial charge in [-0.15, -0.1) is 0 Å². The molecule has 10 heavy (non-hydrogen) atoms. The molecule has 0 aromatic heterocycles. The highest BCUT2D eigenvalue weighted by molar-refractivity contribution is 6.55. The van der Waals surface area contributed by atoms with Crippen LogP contribution in [0.2, 0.25) is 5.54 Å². The van der Waals surface area contributed by atoms with Crippen molar-refractivity contribution in [2.45, 2.75) is 18.4 Å². The van der Waals surface area contributed by atoms with Gasteiger partial charge in [0.15, 0.2) is 0 Å². The molecule has 0 atom stereocenters. The van der Waals surface area contributed by atoms with Crippen molar-refractivity contribution in [3.05, 3.63) is 30.3 Å². The fourth-order valence-corrected chi connectivity index (χ4v) is 2.61. The van der Waals surface area contributed by atoms with Crippen LogP contribution in [0.1, 0.15) is 12.8 Å². The lowest BCUT2D eigenvalue weighted by Crippen LogP contribution is -2.12. The van der Waals surface area contributed by atoms with Gasteiger partial charge in [-0.25, -0.2) is 0 Å². The normalized spacial score (nSPS) is 17.2. The summed E-state index contributed by atoms with van der Waals surface area (Å²) in [5.74, 6) is 0. The molecule has 0 aliphatic heterocycles. The van der Waals surface area contributed by atoms with E-state index in [9.17, 15) is 0 Å². The number of hydrogen-bond donors (Lipinski definition) is 0. The Kier molecular flexibility index (Phi) is 1.59. The first-order valence-corrected chi connectivity index (χ1v) is 5.09. The minimum atomic E-state index is 0.603. The predicted octanol–water partition coefficient (Wildman–Crippen LogP) is 1.33. The van der Waals surface area contributed by atoms with Gasteiger partial charge >= 0.3 is 0 Å². The van der Waals surface area contributed by atoms with Crippen molar-refractivity contribution in [1.29, 1.82) is 0 Å². The average Bonchev–Trinajstić information content (AvgIpc) is 2.74. The van der Waals surface area contributed by atoms with E-state index in [0.717, 1.165) is 5.54 Å². The second-order valence-corrected chi connectivity index (χ2v) is 4.86. The van der Waals surface area contributed by atoms with Crippen molar-refractivity contribution < 1.29 is 0 Å². The van der Waals surface area contributed by atoms with Crippen LogP contribution in [0.15, 0.2) is 30.3 Å². The summed E-state index contributed by atoms with van der Waals surface area (Å²) in [6.07, 6.45) is 2.98. The van der Waals surface area contributed by atoms with Crippen molar-refractivity contribution in [1.82, 2.24) is 0 Å². The van der Waals surface area contributed by atoms with Crippen molar-refractivity contribution in [2.24, 2.45) is 0 Å². The van der Waals surface area contributed by atoms with Gasteiger partial charge in [0.1, 0.15) is 0 Å². The number of rotatable bonds is 2. The minimum Gasteiger partial charge on any atom is -0.0654 e. The molecule has 1 fully saturated rings. The minimum absolute atomic E-state index is 0.603. The first kappa shape index (κ1) is 6.17. The Balaban J connectivity index is 2.03. The van der Waals surface area contributed by atoms with Gasteiger partial charge in [-0.05, 0) is 5.54 Å². The Bertz CT molecular complexity index is 201. The highest BCUT2D eigenvalue weighted by atomic mass is 28.2. The maximum absolute atomic E-state index is 2.26. The van der Waals surface area contributed by atoms with Gasteiger partial charge in [0.2, 0.25) is 0 Å². The van der Waals surface area contributed by atoms with Gasteiger partial charge in [0.05, 0.1) is 9.52 Å². The predicted molar refractivity (Wildman–Crippen MR) is 46.2 cm³/mol. The molecule has 0 heterocycles. The largest absolute Gasteiger partial charge is 0.0700 e. The first-order valence-electron chi connectivity index (χ1n) is 3.85. The lowest BCUT2D eigenvalue weighted by atomic mass is 10.4. The van der Waals surface area contributed by atoms with Crippen LogP contribution < -0.4 is 5.19 Å². The molecule has 1 aromatic carbocycles. The third-order valence-corrected chi connectivity index (χ3v) is 3.76. The van der Waals surface area contributed by atoms with E-state index in [0.29, 0.717) is 9.52 Å². The summed E-state index contributed by atoms with van der Waals surface area (Å²) in [6.45, 7) is 0. The Morgan fingerprint density at radius 1 is 1.10 bits per heavy atom. The molecule has 0 nitrogen and oxygen atoms in total. The van der Waals surface area contributed by atoms with Gasteiger partial charge in [-0.3, -0.25) is 0 Å². The maximum atomic E-state index is 2.26. The fourth-order valence-electron chi connectivity index (χ4n) is 1.10. The molecule has 1 heteroatoms. The molecule has 1 saturated carbocycles. The van der Waals surface area contributed by atoms with Crippen molar-refractivity contribution in [2.75, 3.05) is 0 Å². The highest BCUT2D eigenvalue weighted by Crippen LogP contribution is 2.34. The van der Waals surface area contributed by atoms with Gasteiger partial charge in [0.25, 0.3) is 0 Å². The van der Waals surface area contributed by atoms with E-state index >= 15 is 0 Å². The molecule has 1 aromatic rings. The lowest BCUT2D eigenvalue weighted by molar-refractivity contribution is 1.45. The van der Waals surface area contributed by atoms with Gasteiger partial charge in [0, 0.05) is 0 Å². The second-order valence-electron chi connectivity index (χ2n) is 2.91. The van der Waals surface area contributed by atoms with Crippen LogP contribution in [0.25, 0.3) is 0 Å². The molecule has 0 saturated heterocycles. The van der Waals surface area contributed by atoms with Crippen LogP contribution in [0.5, 0.6) is 0 Å². The van der Waals surface area contributed by atoms with E-state index in [1.165, 1.54) is 12.8 Å². The molecule has 1 radical (unpaired) electrons. The molecule has 2 rings (SSSR count). The SMILES string of the molecule is c1ccc([SiH]C2CC2)cc1. The maximum Gasteiger partial charge on any atom is 0.0700 e. The molecule has 0 N–H and O–H groups in total. The van der Waals surface area contributed by atoms with Crippen molar-refractivity contribution in [3.63, 3.8) is 0 Å². The summed E-state index contributed by atoms with van der Waals surface area (Å²) in [5.41, 5.74) is 1.10. The first-order chi connectivity index (χ1) is 4.95. The number of hydrogen-bond acceptors (Lipinski definition) is 0. The van der Waals surface area contributed by atoms with Crippen LogP contribution in [0, 0.1) is 0 Å². The lowest BCUT2D eigenvalue weighted by Gasteiger charge is -1.94. The molecule has 0 bridgehead atoms. The van der Waals surface area contributed by atoms with E-state index in [-0.39, 0.29) is 0 Å². The molecule has 1 aliphatic carbocycles. The van der Waals surface area contributed by atoms with Crippen LogP contribution >= 0.6 is 0 Å². The third-order valence-electron chi connectivity index (χ3n) is 1.85. The zero-order chi connectivity index (χ0) is 6.81. The zero-order valence-corrected chi connectivity index (χ0v) is 7.11. The summed E-state index contributed by atoms with van der Waals surface area (Å²) < 4.78 is 0. The molecule has 1 aliphatic rings. The molecule has 0 spiro atoms. The topological polar surface area (TPSA) is 0 Å². The summed E-state index contributed by atoms with van der Waals surface area (Å²) >= 11 is 0. The Morgan fingerprint density at radius 3 is 2.40 bits per heavy atom. The van der Waals surface area contributed by atoms with E-state index < -0.39 is 0 Å². The van der Waals surface area contributed by atoms with E-state index in [4.69, 9.17) is 0 Å². The molecule has 51 valence electrons. The summed E-state index contributed by atoms with van der Waals surface area (Å²) in [6, 6.07) is 10.9. The van der Waals surface area contributed by atoms with Crippen LogP contribution in [-0.2, 0) is 0 Å². The number of benzene rings is 1. The molecule has 0 unspecified atom stereocenters. The van der Waals surface area contributed by atoms with Gasteiger partial charge in [-0.1, -0.05) is 48.4 Å². The van der Waals surface area contributed by atoms with Crippen molar-refractivity contribution in [3.8, 4) is 0 Å². The van der Waals surface area contributed by atoms with Gasteiger partial charge in [-0.2, -0.15) is 0 Å².